The van der Waals surface area contributed by atoms with Crippen molar-refractivity contribution < 1.29 is 4.92 Å². The van der Waals surface area contributed by atoms with Crippen LogP contribution in [0.15, 0.2) is 58.9 Å². The second kappa shape index (κ2) is 7.76. The van der Waals surface area contributed by atoms with E-state index in [1.54, 1.807) is 17.5 Å². The number of thiazole rings is 1. The first kappa shape index (κ1) is 18.2. The molecule has 134 valence electrons. The van der Waals surface area contributed by atoms with E-state index in [1.165, 1.54) is 23.5 Å². The first-order valence-electron chi connectivity index (χ1n) is 7.95. The van der Waals surface area contributed by atoms with E-state index in [2.05, 4.69) is 16.0 Å². The number of nitro groups is 1. The highest BCUT2D eigenvalue weighted by Crippen LogP contribution is 2.26. The smallest absolute Gasteiger partial charge is 0.270 e. The zero-order valence-corrected chi connectivity index (χ0v) is 15.5. The fourth-order valence-corrected chi connectivity index (χ4v) is 3.13. The molecule has 8 heteroatoms. The third-order valence-electron chi connectivity index (χ3n) is 3.77. The number of nitriles is 1. The van der Waals surface area contributed by atoms with Gasteiger partial charge in [-0.3, -0.25) is 10.1 Å². The van der Waals surface area contributed by atoms with E-state index in [4.69, 9.17) is 0 Å². The molecule has 0 aliphatic carbocycles. The number of anilines is 1. The number of aliphatic imine (C=N–C) groups is 1. The van der Waals surface area contributed by atoms with Crippen LogP contribution >= 0.6 is 11.3 Å². The molecular formula is C19H15N5O2S. The second-order valence-corrected chi connectivity index (χ2v) is 6.69. The molecule has 0 radical (unpaired) electrons. The van der Waals surface area contributed by atoms with Gasteiger partial charge in [-0.15, -0.1) is 11.3 Å². The molecule has 1 heterocycles. The topological polar surface area (TPSA) is 95.4 Å². The van der Waals surface area contributed by atoms with Gasteiger partial charge in [0, 0.05) is 42.9 Å². The fraction of sp³-hybridized carbons (Fsp3) is 0.105. The number of nitro benzene ring substituents is 1. The number of benzene rings is 2. The Kier molecular flexibility index (Phi) is 5.24. The predicted octanol–water partition coefficient (Wildman–Crippen LogP) is 4.43. The van der Waals surface area contributed by atoms with Gasteiger partial charge in [0.05, 0.1) is 16.3 Å². The van der Waals surface area contributed by atoms with Gasteiger partial charge in [-0.25, -0.2) is 9.98 Å². The van der Waals surface area contributed by atoms with Crippen molar-refractivity contribution in [1.82, 2.24) is 4.98 Å². The van der Waals surface area contributed by atoms with Gasteiger partial charge in [0.1, 0.15) is 6.07 Å². The molecule has 1 aromatic heterocycles. The van der Waals surface area contributed by atoms with Crippen molar-refractivity contribution in [2.75, 3.05) is 19.0 Å². The number of rotatable bonds is 5. The number of non-ortho nitro benzene ring substituents is 1. The largest absolute Gasteiger partial charge is 0.378 e. The summed E-state index contributed by atoms with van der Waals surface area (Å²) in [6, 6.07) is 15.8. The van der Waals surface area contributed by atoms with Gasteiger partial charge in [-0.2, -0.15) is 5.26 Å². The molecule has 2 aromatic carbocycles. The summed E-state index contributed by atoms with van der Waals surface area (Å²) in [6.07, 6.45) is 0. The molecule has 0 spiro atoms. The lowest BCUT2D eigenvalue weighted by atomic mass is 10.1. The quantitative estimate of drug-likeness (QED) is 0.372. The Labute approximate surface area is 160 Å². The van der Waals surface area contributed by atoms with Crippen LogP contribution in [-0.2, 0) is 0 Å². The summed E-state index contributed by atoms with van der Waals surface area (Å²) >= 11 is 1.28. The van der Waals surface area contributed by atoms with Crippen LogP contribution in [0.2, 0.25) is 0 Å². The number of hydrogen-bond acceptors (Lipinski definition) is 7. The second-order valence-electron chi connectivity index (χ2n) is 5.83. The van der Waals surface area contributed by atoms with E-state index in [0.29, 0.717) is 22.0 Å². The summed E-state index contributed by atoms with van der Waals surface area (Å²) in [4.78, 5) is 21.3. The molecule has 0 fully saturated rings. The molecule has 7 nitrogen and oxygen atoms in total. The van der Waals surface area contributed by atoms with E-state index in [-0.39, 0.29) is 11.4 Å². The maximum Gasteiger partial charge on any atom is 0.270 e. The number of hydrogen-bond donors (Lipinski definition) is 0. The maximum absolute atomic E-state index is 10.9. The molecular weight excluding hydrogens is 362 g/mol. The van der Waals surface area contributed by atoms with E-state index >= 15 is 0 Å². The molecule has 0 atom stereocenters. The molecule has 0 saturated heterocycles. The van der Waals surface area contributed by atoms with Crippen molar-refractivity contribution in [2.24, 2.45) is 4.99 Å². The predicted molar refractivity (Wildman–Crippen MR) is 107 cm³/mol. The van der Waals surface area contributed by atoms with Crippen molar-refractivity contribution in [3.63, 3.8) is 0 Å². The molecule has 3 aromatic rings. The molecule has 0 saturated carbocycles. The summed E-state index contributed by atoms with van der Waals surface area (Å²) in [7, 11) is 3.90. The van der Waals surface area contributed by atoms with Crippen LogP contribution in [0, 0.1) is 21.4 Å². The average molecular weight is 377 g/mol. The Balaban J connectivity index is 1.90. The van der Waals surface area contributed by atoms with E-state index in [0.717, 1.165) is 5.69 Å². The third-order valence-corrected chi connectivity index (χ3v) is 4.62. The molecule has 3 rings (SSSR count). The van der Waals surface area contributed by atoms with Gasteiger partial charge in [0.15, 0.2) is 10.7 Å². The van der Waals surface area contributed by atoms with Crippen LogP contribution in [0.1, 0.15) is 5.01 Å². The zero-order valence-electron chi connectivity index (χ0n) is 14.7. The van der Waals surface area contributed by atoms with Crippen LogP contribution < -0.4 is 4.90 Å². The van der Waals surface area contributed by atoms with Crippen molar-refractivity contribution in [3.05, 3.63) is 69.0 Å². The Morgan fingerprint density at radius 2 is 2.00 bits per heavy atom. The first-order valence-corrected chi connectivity index (χ1v) is 8.83. The molecule has 0 aliphatic heterocycles. The summed E-state index contributed by atoms with van der Waals surface area (Å²) in [6.45, 7) is 0. The average Bonchev–Trinajstić information content (AvgIpc) is 3.16. The fourth-order valence-electron chi connectivity index (χ4n) is 2.37. The Morgan fingerprint density at radius 3 is 2.63 bits per heavy atom. The lowest BCUT2D eigenvalue weighted by molar-refractivity contribution is -0.384. The lowest BCUT2D eigenvalue weighted by Gasteiger charge is -2.11. The van der Waals surface area contributed by atoms with Crippen molar-refractivity contribution in [3.8, 4) is 17.3 Å². The molecule has 0 N–H and O–H groups in total. The molecule has 0 unspecified atom stereocenters. The van der Waals surface area contributed by atoms with Gasteiger partial charge in [0.25, 0.3) is 5.69 Å². The zero-order chi connectivity index (χ0) is 19.4. The van der Waals surface area contributed by atoms with Crippen LogP contribution in [0.3, 0.4) is 0 Å². The highest BCUT2D eigenvalue weighted by atomic mass is 32.1. The van der Waals surface area contributed by atoms with Crippen molar-refractivity contribution >= 4 is 34.1 Å². The van der Waals surface area contributed by atoms with Crippen molar-refractivity contribution in [2.45, 2.75) is 0 Å². The van der Waals surface area contributed by atoms with E-state index in [9.17, 15) is 15.4 Å². The molecule has 0 aliphatic rings. The molecule has 0 bridgehead atoms. The van der Waals surface area contributed by atoms with Crippen molar-refractivity contribution in [1.29, 1.82) is 5.26 Å². The number of aromatic nitrogens is 1. The van der Waals surface area contributed by atoms with Gasteiger partial charge in [-0.1, -0.05) is 12.1 Å². The van der Waals surface area contributed by atoms with Gasteiger partial charge >= 0.3 is 0 Å². The van der Waals surface area contributed by atoms with Crippen LogP contribution in [0.4, 0.5) is 17.1 Å². The normalized spacial score (nSPS) is 11.1. The van der Waals surface area contributed by atoms with Gasteiger partial charge in [0.2, 0.25) is 0 Å². The van der Waals surface area contributed by atoms with Crippen LogP contribution in [0.25, 0.3) is 11.3 Å². The van der Waals surface area contributed by atoms with Gasteiger partial charge < -0.3 is 4.90 Å². The summed E-state index contributed by atoms with van der Waals surface area (Å²) in [5.41, 5.74) is 3.09. The van der Waals surface area contributed by atoms with Crippen LogP contribution in [-0.4, -0.2) is 29.7 Å². The standard InChI is InChI=1S/C19H15N5O2S/c1-23(2)15-8-6-14(7-9-15)21-17(11-20)19-22-18(12-27-19)13-4-3-5-16(10-13)24(25)26/h3-10,12H,1-2H3. The summed E-state index contributed by atoms with van der Waals surface area (Å²) < 4.78 is 0. The van der Waals surface area contributed by atoms with E-state index < -0.39 is 4.92 Å². The minimum absolute atomic E-state index is 0.00259. The molecule has 0 amide bonds. The summed E-state index contributed by atoms with van der Waals surface area (Å²) in [5, 5.41) is 22.6. The first-order chi connectivity index (χ1) is 13.0. The van der Waals surface area contributed by atoms with Gasteiger partial charge in [-0.05, 0) is 24.3 Å². The van der Waals surface area contributed by atoms with E-state index in [1.807, 2.05) is 43.3 Å². The minimum Gasteiger partial charge on any atom is -0.378 e. The third kappa shape index (κ3) is 4.16. The minimum atomic E-state index is -0.448. The Bertz CT molecular complexity index is 1050. The monoisotopic (exact) mass is 377 g/mol. The Morgan fingerprint density at radius 1 is 1.26 bits per heavy atom. The SMILES string of the molecule is CN(C)c1ccc(N=C(C#N)c2nc(-c3cccc([N+](=O)[O-])c3)cs2)cc1. The highest BCUT2D eigenvalue weighted by Gasteiger charge is 2.13. The number of nitrogens with zero attached hydrogens (tertiary/aromatic N) is 5. The van der Waals surface area contributed by atoms with Crippen LogP contribution in [0.5, 0.6) is 0 Å². The Hall–Kier alpha value is -3.57. The lowest BCUT2D eigenvalue weighted by Crippen LogP contribution is -2.07. The molecule has 27 heavy (non-hydrogen) atoms. The summed E-state index contributed by atoms with van der Waals surface area (Å²) in [5.74, 6) is 0. The maximum atomic E-state index is 10.9. The highest BCUT2D eigenvalue weighted by molar-refractivity contribution is 7.12.